The summed E-state index contributed by atoms with van der Waals surface area (Å²) in [4.78, 5) is 0. The van der Waals surface area contributed by atoms with E-state index in [-0.39, 0.29) is 12.0 Å². The smallest absolute Gasteiger partial charge is 0.0992 e. The van der Waals surface area contributed by atoms with Gasteiger partial charge in [-0.25, -0.2) is 0 Å². The van der Waals surface area contributed by atoms with Crippen LogP contribution in [0.25, 0.3) is 0 Å². The monoisotopic (exact) mass is 327 g/mol. The maximum absolute atomic E-state index is 6.53. The minimum Gasteiger partial charge on any atom is -0.323 e. The zero-order valence-electron chi connectivity index (χ0n) is 11.6. The fourth-order valence-electron chi connectivity index (χ4n) is 2.59. The lowest BCUT2D eigenvalue weighted by Crippen LogP contribution is -2.24. The minimum atomic E-state index is -0.136. The summed E-state index contributed by atoms with van der Waals surface area (Å²) in [6.07, 6.45) is 1.07. The van der Waals surface area contributed by atoms with E-state index in [1.165, 1.54) is 16.9 Å². The van der Waals surface area contributed by atoms with Crippen LogP contribution in [0.15, 0.2) is 36.4 Å². The lowest BCUT2D eigenvalue weighted by molar-refractivity contribution is 0.388. The van der Waals surface area contributed by atoms with E-state index < -0.39 is 0 Å². The van der Waals surface area contributed by atoms with Gasteiger partial charge in [-0.3, -0.25) is 0 Å². The largest absolute Gasteiger partial charge is 0.323 e. The average molecular weight is 328 g/mol. The molecule has 108 valence electrons. The number of hydrogen-bond acceptors (Lipinski definition) is 2. The van der Waals surface area contributed by atoms with Gasteiger partial charge < -0.3 is 5.73 Å². The van der Waals surface area contributed by atoms with Crippen LogP contribution < -0.4 is 5.73 Å². The van der Waals surface area contributed by atoms with Gasteiger partial charge in [0.1, 0.15) is 0 Å². The summed E-state index contributed by atoms with van der Waals surface area (Å²) >= 11 is 13.7. The van der Waals surface area contributed by atoms with Crippen molar-refractivity contribution in [3.05, 3.63) is 56.2 Å². The zero-order valence-corrected chi connectivity index (χ0v) is 14.0. The van der Waals surface area contributed by atoms with E-state index in [1.54, 1.807) is 0 Å². The quantitative estimate of drug-likeness (QED) is 0.728. The first-order valence-corrected chi connectivity index (χ1v) is 8.37. The van der Waals surface area contributed by atoms with Crippen molar-refractivity contribution in [2.45, 2.75) is 32.2 Å². The Hall–Kier alpha value is -0.540. The van der Waals surface area contributed by atoms with E-state index in [1.807, 2.05) is 12.1 Å². The highest BCUT2D eigenvalue weighted by atomic mass is 35.5. The fourth-order valence-corrected chi connectivity index (χ4v) is 4.16. The van der Waals surface area contributed by atoms with Crippen LogP contribution in [0.4, 0.5) is 0 Å². The second-order valence-corrected chi connectivity index (χ2v) is 7.41. The lowest BCUT2D eigenvalue weighted by atomic mass is 9.78. The number of thiophene rings is 1. The molecule has 0 saturated heterocycles. The first-order chi connectivity index (χ1) is 9.54. The van der Waals surface area contributed by atoms with Gasteiger partial charge in [0.15, 0.2) is 0 Å². The molecule has 0 radical (unpaired) electrons. The summed E-state index contributed by atoms with van der Waals surface area (Å²) in [6.45, 7) is 4.43. The normalized spacial score (nSPS) is 15.8. The molecule has 2 rings (SSSR count). The molecule has 0 aliphatic heterocycles. The van der Waals surface area contributed by atoms with Crippen molar-refractivity contribution in [3.8, 4) is 0 Å². The molecule has 1 heterocycles. The first kappa shape index (κ1) is 15.8. The summed E-state index contributed by atoms with van der Waals surface area (Å²) in [7, 11) is 0. The highest BCUT2D eigenvalue weighted by Gasteiger charge is 2.28. The van der Waals surface area contributed by atoms with Crippen molar-refractivity contribution in [1.82, 2.24) is 0 Å². The molecular weight excluding hydrogens is 309 g/mol. The van der Waals surface area contributed by atoms with Gasteiger partial charge in [-0.15, -0.1) is 11.3 Å². The summed E-state index contributed by atoms with van der Waals surface area (Å²) in [5, 5.41) is 0. The van der Waals surface area contributed by atoms with Crippen LogP contribution >= 0.6 is 34.5 Å². The Morgan fingerprint density at radius 1 is 1.20 bits per heavy atom. The Balaban J connectivity index is 2.39. The third-order valence-corrected chi connectivity index (χ3v) is 5.39. The lowest BCUT2D eigenvalue weighted by Gasteiger charge is -2.29. The predicted molar refractivity (Wildman–Crippen MR) is 89.9 cm³/mol. The van der Waals surface area contributed by atoms with Gasteiger partial charge in [-0.2, -0.15) is 0 Å². The van der Waals surface area contributed by atoms with Crippen molar-refractivity contribution in [3.63, 3.8) is 0 Å². The molecule has 2 N–H and O–H groups in total. The number of hydrogen-bond donors (Lipinski definition) is 1. The second-order valence-electron chi connectivity index (χ2n) is 5.13. The number of nitrogens with two attached hydrogens (primary N) is 1. The predicted octanol–water partition coefficient (Wildman–Crippen LogP) is 5.88. The number of benzene rings is 1. The molecule has 0 amide bonds. The van der Waals surface area contributed by atoms with Gasteiger partial charge in [-0.1, -0.05) is 73.8 Å². The molecule has 0 aliphatic carbocycles. The van der Waals surface area contributed by atoms with Crippen molar-refractivity contribution < 1.29 is 0 Å². The summed E-state index contributed by atoms with van der Waals surface area (Å²) in [5.41, 5.74) is 8.74. The molecule has 20 heavy (non-hydrogen) atoms. The van der Waals surface area contributed by atoms with Gasteiger partial charge in [0.05, 0.1) is 8.67 Å². The summed E-state index contributed by atoms with van der Waals surface area (Å²) in [6, 6.07) is 12.2. The van der Waals surface area contributed by atoms with Crippen molar-refractivity contribution in [1.29, 1.82) is 0 Å². The molecule has 0 aliphatic rings. The standard InChI is InChI=1S/C16H19Cl2NS/c1-3-10(2)14(11-7-5-4-6-8-11)15(19)12-9-13(17)20-16(12)18/h4-10,14-15H,3,19H2,1-2H3. The maximum atomic E-state index is 6.53. The summed E-state index contributed by atoms with van der Waals surface area (Å²) < 4.78 is 1.39. The van der Waals surface area contributed by atoms with Crippen molar-refractivity contribution in [2.24, 2.45) is 11.7 Å². The fraction of sp³-hybridized carbons (Fsp3) is 0.375. The Bertz CT molecular complexity index is 553. The van der Waals surface area contributed by atoms with Gasteiger partial charge in [0.25, 0.3) is 0 Å². The van der Waals surface area contributed by atoms with Gasteiger partial charge >= 0.3 is 0 Å². The first-order valence-electron chi connectivity index (χ1n) is 6.79. The molecule has 0 bridgehead atoms. The van der Waals surface area contributed by atoms with Gasteiger partial charge in [0.2, 0.25) is 0 Å². The van der Waals surface area contributed by atoms with E-state index in [2.05, 4.69) is 38.1 Å². The van der Waals surface area contributed by atoms with Crippen LogP contribution in [0.1, 0.15) is 43.4 Å². The molecule has 0 fully saturated rings. The second kappa shape index (κ2) is 6.95. The SMILES string of the molecule is CCC(C)C(c1ccccc1)C(N)c1cc(Cl)sc1Cl. The van der Waals surface area contributed by atoms with E-state index in [0.717, 1.165) is 12.0 Å². The highest BCUT2D eigenvalue weighted by molar-refractivity contribution is 7.20. The Morgan fingerprint density at radius 2 is 1.85 bits per heavy atom. The van der Waals surface area contributed by atoms with E-state index in [4.69, 9.17) is 28.9 Å². The van der Waals surface area contributed by atoms with Crippen LogP contribution in [0, 0.1) is 5.92 Å². The van der Waals surface area contributed by atoms with Crippen molar-refractivity contribution >= 4 is 34.5 Å². The number of halogens is 2. The zero-order chi connectivity index (χ0) is 14.7. The van der Waals surface area contributed by atoms with Crippen LogP contribution in [0.5, 0.6) is 0 Å². The van der Waals surface area contributed by atoms with Gasteiger partial charge in [-0.05, 0) is 17.5 Å². The topological polar surface area (TPSA) is 26.0 Å². The number of rotatable bonds is 5. The summed E-state index contributed by atoms with van der Waals surface area (Å²) in [5.74, 6) is 0.714. The van der Waals surface area contributed by atoms with Gasteiger partial charge in [0, 0.05) is 17.5 Å². The third kappa shape index (κ3) is 3.37. The maximum Gasteiger partial charge on any atom is 0.0992 e. The molecule has 0 spiro atoms. The molecule has 4 heteroatoms. The molecule has 1 aromatic heterocycles. The van der Waals surface area contributed by atoms with Crippen LogP contribution in [-0.2, 0) is 0 Å². The Morgan fingerprint density at radius 3 is 2.35 bits per heavy atom. The molecular formula is C16H19Cl2NS. The Kier molecular flexibility index (Phi) is 5.50. The molecule has 0 saturated carbocycles. The van der Waals surface area contributed by atoms with E-state index in [9.17, 15) is 0 Å². The Labute approximate surface area is 134 Å². The minimum absolute atomic E-state index is 0.136. The molecule has 3 unspecified atom stereocenters. The molecule has 3 atom stereocenters. The molecule has 2 aromatic rings. The van der Waals surface area contributed by atoms with E-state index in [0.29, 0.717) is 14.6 Å². The van der Waals surface area contributed by atoms with Crippen LogP contribution in [0.2, 0.25) is 8.67 Å². The van der Waals surface area contributed by atoms with E-state index >= 15 is 0 Å². The van der Waals surface area contributed by atoms with Crippen LogP contribution in [-0.4, -0.2) is 0 Å². The van der Waals surface area contributed by atoms with Crippen LogP contribution in [0.3, 0.4) is 0 Å². The third-order valence-electron chi connectivity index (χ3n) is 3.87. The highest BCUT2D eigenvalue weighted by Crippen LogP contribution is 2.42. The molecule has 1 aromatic carbocycles. The van der Waals surface area contributed by atoms with Crippen molar-refractivity contribution in [2.75, 3.05) is 0 Å². The average Bonchev–Trinajstić information content (AvgIpc) is 2.79. The molecule has 1 nitrogen and oxygen atoms in total.